The average molecular weight is 352 g/mol. The lowest BCUT2D eigenvalue weighted by Gasteiger charge is -2.23. The van der Waals surface area contributed by atoms with E-state index in [4.69, 9.17) is 11.6 Å². The summed E-state index contributed by atoms with van der Waals surface area (Å²) in [4.78, 5) is 18.5. The molecule has 2 rings (SSSR count). The molecule has 0 aliphatic rings. The van der Waals surface area contributed by atoms with Crippen LogP contribution in [-0.4, -0.2) is 34.9 Å². The number of benzene rings is 1. The summed E-state index contributed by atoms with van der Waals surface area (Å²) in [6.07, 6.45) is 0. The highest BCUT2D eigenvalue weighted by Gasteiger charge is 2.15. The summed E-state index contributed by atoms with van der Waals surface area (Å²) in [5, 5.41) is 6.67. The molecule has 2 aromatic rings. The van der Waals surface area contributed by atoms with E-state index in [2.05, 4.69) is 10.3 Å². The Morgan fingerprint density at radius 2 is 1.96 bits per heavy atom. The first-order valence-electron chi connectivity index (χ1n) is 7.43. The van der Waals surface area contributed by atoms with Gasteiger partial charge in [0.15, 0.2) is 0 Å². The van der Waals surface area contributed by atoms with E-state index in [0.29, 0.717) is 13.1 Å². The Kier molecular flexibility index (Phi) is 5.79. The smallest absolute Gasteiger partial charge is 0.234 e. The van der Waals surface area contributed by atoms with Gasteiger partial charge in [-0.3, -0.25) is 9.69 Å². The fraction of sp³-hybridized carbons (Fsp3) is 0.412. The van der Waals surface area contributed by atoms with Crippen molar-refractivity contribution in [2.24, 2.45) is 0 Å². The van der Waals surface area contributed by atoms with Gasteiger partial charge in [-0.2, -0.15) is 0 Å². The van der Waals surface area contributed by atoms with Gasteiger partial charge in [0.1, 0.15) is 5.01 Å². The summed E-state index contributed by atoms with van der Waals surface area (Å²) < 4.78 is 0. The Bertz CT molecular complexity index is 661. The fourth-order valence-electron chi connectivity index (χ4n) is 2.14. The molecule has 1 aromatic heterocycles. The van der Waals surface area contributed by atoms with E-state index in [1.807, 2.05) is 62.4 Å². The van der Waals surface area contributed by atoms with Crippen LogP contribution in [0.1, 0.15) is 26.5 Å². The van der Waals surface area contributed by atoms with Crippen LogP contribution in [0.4, 0.5) is 0 Å². The standard InChI is InChI=1S/C17H22ClN3OS/c1-17(2,3)20-15(22)10-21(4)9-14-11-23-16(19-14)12-5-7-13(18)8-6-12/h5-8,11H,9-10H2,1-4H3,(H,20,22). The molecule has 6 heteroatoms. The van der Waals surface area contributed by atoms with Gasteiger partial charge in [-0.05, 0) is 40.0 Å². The number of amides is 1. The molecule has 1 aromatic carbocycles. The minimum Gasteiger partial charge on any atom is -0.350 e. The van der Waals surface area contributed by atoms with Crippen LogP contribution in [0.5, 0.6) is 0 Å². The zero-order chi connectivity index (χ0) is 17.0. The SMILES string of the molecule is CN(CC(=O)NC(C)(C)C)Cc1csc(-c2ccc(Cl)cc2)n1. The maximum absolute atomic E-state index is 11.9. The zero-order valence-electron chi connectivity index (χ0n) is 13.9. The highest BCUT2D eigenvalue weighted by molar-refractivity contribution is 7.13. The second kappa shape index (κ2) is 7.43. The molecule has 1 heterocycles. The second-order valence-corrected chi connectivity index (χ2v) is 7.92. The first-order valence-corrected chi connectivity index (χ1v) is 8.68. The first kappa shape index (κ1) is 17.9. The molecule has 0 spiro atoms. The van der Waals surface area contributed by atoms with E-state index in [-0.39, 0.29) is 11.4 Å². The van der Waals surface area contributed by atoms with Crippen LogP contribution in [0.2, 0.25) is 5.02 Å². The molecule has 0 saturated heterocycles. The summed E-state index contributed by atoms with van der Waals surface area (Å²) in [5.74, 6) is 0.0214. The Labute approximate surface area is 146 Å². The summed E-state index contributed by atoms with van der Waals surface area (Å²) in [7, 11) is 1.92. The van der Waals surface area contributed by atoms with Gasteiger partial charge in [0.05, 0.1) is 12.2 Å². The highest BCUT2D eigenvalue weighted by atomic mass is 35.5. The lowest BCUT2D eigenvalue weighted by molar-refractivity contribution is -0.123. The molecule has 4 nitrogen and oxygen atoms in total. The number of aromatic nitrogens is 1. The molecular weight excluding hydrogens is 330 g/mol. The lowest BCUT2D eigenvalue weighted by atomic mass is 10.1. The molecule has 0 bridgehead atoms. The molecule has 1 amide bonds. The normalized spacial score (nSPS) is 11.7. The Morgan fingerprint density at radius 3 is 2.57 bits per heavy atom. The summed E-state index contributed by atoms with van der Waals surface area (Å²) in [5.41, 5.74) is 1.81. The van der Waals surface area contributed by atoms with Gasteiger partial charge in [0.2, 0.25) is 5.91 Å². The number of carbonyl (C=O) groups is 1. The molecule has 0 unspecified atom stereocenters. The van der Waals surface area contributed by atoms with Crippen LogP contribution >= 0.6 is 22.9 Å². The van der Waals surface area contributed by atoms with Gasteiger partial charge in [-0.15, -0.1) is 11.3 Å². The van der Waals surface area contributed by atoms with Gasteiger partial charge in [-0.25, -0.2) is 4.98 Å². The third-order valence-corrected chi connectivity index (χ3v) is 4.19. The average Bonchev–Trinajstić information content (AvgIpc) is 2.85. The van der Waals surface area contributed by atoms with Crippen molar-refractivity contribution in [3.05, 3.63) is 40.4 Å². The number of hydrogen-bond acceptors (Lipinski definition) is 4. The first-order chi connectivity index (χ1) is 10.7. The molecule has 0 aliphatic carbocycles. The number of nitrogens with one attached hydrogen (secondary N) is 1. The molecule has 0 fully saturated rings. The van der Waals surface area contributed by atoms with E-state index in [1.165, 1.54) is 0 Å². The van der Waals surface area contributed by atoms with E-state index < -0.39 is 0 Å². The fourth-order valence-corrected chi connectivity index (χ4v) is 3.08. The lowest BCUT2D eigenvalue weighted by Crippen LogP contribution is -2.45. The number of nitrogens with zero attached hydrogens (tertiary/aromatic N) is 2. The van der Waals surface area contributed by atoms with Crippen LogP contribution in [0.3, 0.4) is 0 Å². The van der Waals surface area contributed by atoms with E-state index in [0.717, 1.165) is 21.3 Å². The van der Waals surface area contributed by atoms with Gasteiger partial charge >= 0.3 is 0 Å². The number of likely N-dealkylation sites (N-methyl/N-ethyl adjacent to an activating group) is 1. The molecule has 124 valence electrons. The monoisotopic (exact) mass is 351 g/mol. The summed E-state index contributed by atoms with van der Waals surface area (Å²) in [6, 6.07) is 7.65. The number of halogens is 1. The van der Waals surface area contributed by atoms with Crippen molar-refractivity contribution in [3.8, 4) is 10.6 Å². The molecule has 0 atom stereocenters. The maximum Gasteiger partial charge on any atom is 0.234 e. The molecule has 1 N–H and O–H groups in total. The number of hydrogen-bond donors (Lipinski definition) is 1. The Balaban J connectivity index is 1.93. The van der Waals surface area contributed by atoms with Crippen LogP contribution in [0, 0.1) is 0 Å². The molecular formula is C17H22ClN3OS. The molecule has 23 heavy (non-hydrogen) atoms. The van der Waals surface area contributed by atoms with Gasteiger partial charge in [0.25, 0.3) is 0 Å². The van der Waals surface area contributed by atoms with Crippen LogP contribution < -0.4 is 5.32 Å². The Morgan fingerprint density at radius 1 is 1.30 bits per heavy atom. The van der Waals surface area contributed by atoms with Crippen molar-refractivity contribution in [3.63, 3.8) is 0 Å². The highest BCUT2D eigenvalue weighted by Crippen LogP contribution is 2.25. The van der Waals surface area contributed by atoms with E-state index in [9.17, 15) is 4.79 Å². The number of thiazole rings is 1. The molecule has 0 radical (unpaired) electrons. The van der Waals surface area contributed by atoms with Gasteiger partial charge in [-0.1, -0.05) is 23.7 Å². The topological polar surface area (TPSA) is 45.2 Å². The van der Waals surface area contributed by atoms with Crippen LogP contribution in [0.15, 0.2) is 29.6 Å². The van der Waals surface area contributed by atoms with Crippen molar-refractivity contribution >= 4 is 28.8 Å². The van der Waals surface area contributed by atoms with Crippen molar-refractivity contribution in [2.75, 3.05) is 13.6 Å². The minimum atomic E-state index is -0.208. The zero-order valence-corrected chi connectivity index (χ0v) is 15.5. The third kappa shape index (κ3) is 5.94. The van der Waals surface area contributed by atoms with Crippen molar-refractivity contribution in [1.82, 2.24) is 15.2 Å². The quantitative estimate of drug-likeness (QED) is 0.890. The number of rotatable bonds is 5. The Hall–Kier alpha value is -1.43. The second-order valence-electron chi connectivity index (χ2n) is 6.62. The van der Waals surface area contributed by atoms with Crippen molar-refractivity contribution < 1.29 is 4.79 Å². The third-order valence-electron chi connectivity index (χ3n) is 3.00. The maximum atomic E-state index is 11.9. The molecule has 0 saturated carbocycles. The largest absolute Gasteiger partial charge is 0.350 e. The minimum absolute atomic E-state index is 0.0214. The van der Waals surface area contributed by atoms with E-state index >= 15 is 0 Å². The van der Waals surface area contributed by atoms with Crippen molar-refractivity contribution in [1.29, 1.82) is 0 Å². The molecule has 0 aliphatic heterocycles. The number of carbonyl (C=O) groups excluding carboxylic acids is 1. The predicted molar refractivity (Wildman–Crippen MR) is 96.8 cm³/mol. The van der Waals surface area contributed by atoms with Crippen molar-refractivity contribution in [2.45, 2.75) is 32.9 Å². The van der Waals surface area contributed by atoms with Crippen LogP contribution in [-0.2, 0) is 11.3 Å². The van der Waals surface area contributed by atoms with Gasteiger partial charge < -0.3 is 5.32 Å². The van der Waals surface area contributed by atoms with Gasteiger partial charge in [0, 0.05) is 28.0 Å². The van der Waals surface area contributed by atoms with E-state index in [1.54, 1.807) is 11.3 Å². The predicted octanol–water partition coefficient (Wildman–Crippen LogP) is 3.81. The summed E-state index contributed by atoms with van der Waals surface area (Å²) >= 11 is 7.50. The summed E-state index contributed by atoms with van der Waals surface area (Å²) in [6.45, 7) is 6.92. The van der Waals surface area contributed by atoms with Crippen LogP contribution in [0.25, 0.3) is 10.6 Å².